The first-order chi connectivity index (χ1) is 9.96. The van der Waals surface area contributed by atoms with E-state index in [9.17, 15) is 5.11 Å². The number of benzene rings is 1. The maximum absolute atomic E-state index is 10.7. The van der Waals surface area contributed by atoms with Gasteiger partial charge in [0.2, 0.25) is 0 Å². The molecular formula is C17H21N3O. The molecule has 0 amide bonds. The SMILES string of the molecule is CCC(C)n1ccc(CC(C)(O)c2cccc(C#N)c2)n1. The first-order valence-corrected chi connectivity index (χ1v) is 7.23. The lowest BCUT2D eigenvalue weighted by atomic mass is 9.90. The van der Waals surface area contributed by atoms with Gasteiger partial charge < -0.3 is 5.11 Å². The van der Waals surface area contributed by atoms with Crippen molar-refractivity contribution < 1.29 is 5.11 Å². The summed E-state index contributed by atoms with van der Waals surface area (Å²) < 4.78 is 1.93. The van der Waals surface area contributed by atoms with Crippen molar-refractivity contribution in [1.82, 2.24) is 9.78 Å². The Balaban J connectivity index is 2.20. The molecule has 2 atom stereocenters. The van der Waals surface area contributed by atoms with Crippen molar-refractivity contribution >= 4 is 0 Å². The third kappa shape index (κ3) is 3.50. The molecule has 110 valence electrons. The maximum Gasteiger partial charge on any atom is 0.0991 e. The molecule has 1 N–H and O–H groups in total. The molecule has 1 aromatic carbocycles. The third-order valence-corrected chi connectivity index (χ3v) is 3.84. The summed E-state index contributed by atoms with van der Waals surface area (Å²) in [4.78, 5) is 0. The highest BCUT2D eigenvalue weighted by Crippen LogP contribution is 2.25. The summed E-state index contributed by atoms with van der Waals surface area (Å²) in [5.74, 6) is 0. The van der Waals surface area contributed by atoms with Gasteiger partial charge in [-0.3, -0.25) is 4.68 Å². The predicted molar refractivity (Wildman–Crippen MR) is 81.7 cm³/mol. The normalized spacial score (nSPS) is 15.2. The van der Waals surface area contributed by atoms with Gasteiger partial charge >= 0.3 is 0 Å². The monoisotopic (exact) mass is 283 g/mol. The van der Waals surface area contributed by atoms with Crippen molar-refractivity contribution in [3.63, 3.8) is 0 Å². The maximum atomic E-state index is 10.7. The van der Waals surface area contributed by atoms with E-state index in [4.69, 9.17) is 5.26 Å². The second-order valence-electron chi connectivity index (χ2n) is 5.69. The molecule has 0 fully saturated rings. The summed E-state index contributed by atoms with van der Waals surface area (Å²) in [6.45, 7) is 5.99. The number of aliphatic hydroxyl groups is 1. The number of rotatable bonds is 5. The summed E-state index contributed by atoms with van der Waals surface area (Å²) in [6.07, 6.45) is 3.39. The van der Waals surface area contributed by atoms with E-state index in [1.807, 2.05) is 23.0 Å². The number of nitriles is 1. The van der Waals surface area contributed by atoms with Crippen LogP contribution in [0.25, 0.3) is 0 Å². The summed E-state index contributed by atoms with van der Waals surface area (Å²) in [5, 5.41) is 24.2. The first kappa shape index (κ1) is 15.3. The summed E-state index contributed by atoms with van der Waals surface area (Å²) in [5.41, 5.74) is 1.10. The Bertz CT molecular complexity index is 652. The molecule has 2 aromatic rings. The van der Waals surface area contributed by atoms with E-state index in [1.165, 1.54) is 0 Å². The molecule has 0 bridgehead atoms. The minimum absolute atomic E-state index is 0.352. The van der Waals surface area contributed by atoms with E-state index in [2.05, 4.69) is 25.0 Å². The second kappa shape index (κ2) is 6.11. The number of nitrogens with zero attached hydrogens (tertiary/aromatic N) is 3. The zero-order valence-electron chi connectivity index (χ0n) is 12.7. The Hall–Kier alpha value is -2.12. The van der Waals surface area contributed by atoms with Gasteiger partial charge in [-0.05, 0) is 44.0 Å². The van der Waals surface area contributed by atoms with Crippen LogP contribution in [0.5, 0.6) is 0 Å². The zero-order valence-corrected chi connectivity index (χ0v) is 12.7. The Morgan fingerprint density at radius 2 is 2.19 bits per heavy atom. The van der Waals surface area contributed by atoms with E-state index in [1.54, 1.807) is 25.1 Å². The summed E-state index contributed by atoms with van der Waals surface area (Å²) in [6, 6.07) is 11.5. The molecule has 0 aliphatic carbocycles. The Morgan fingerprint density at radius 3 is 2.86 bits per heavy atom. The van der Waals surface area contributed by atoms with Gasteiger partial charge in [-0.15, -0.1) is 0 Å². The van der Waals surface area contributed by atoms with Gasteiger partial charge in [0.05, 0.1) is 22.9 Å². The highest BCUT2D eigenvalue weighted by Gasteiger charge is 2.25. The van der Waals surface area contributed by atoms with Crippen LogP contribution in [0.4, 0.5) is 0 Å². The molecule has 0 aliphatic heterocycles. The van der Waals surface area contributed by atoms with Crippen molar-refractivity contribution in [1.29, 1.82) is 5.26 Å². The molecule has 0 radical (unpaired) electrons. The van der Waals surface area contributed by atoms with Crippen LogP contribution in [0, 0.1) is 11.3 Å². The molecule has 2 unspecified atom stereocenters. The molecule has 1 aromatic heterocycles. The average molecular weight is 283 g/mol. The van der Waals surface area contributed by atoms with E-state index < -0.39 is 5.60 Å². The second-order valence-corrected chi connectivity index (χ2v) is 5.69. The Labute approximate surface area is 125 Å². The van der Waals surface area contributed by atoms with Crippen LogP contribution in [0.2, 0.25) is 0 Å². The number of hydrogen-bond donors (Lipinski definition) is 1. The van der Waals surface area contributed by atoms with Crippen molar-refractivity contribution in [2.24, 2.45) is 0 Å². The quantitative estimate of drug-likeness (QED) is 0.916. The average Bonchev–Trinajstić information content (AvgIpc) is 2.94. The fourth-order valence-electron chi connectivity index (χ4n) is 2.28. The fourth-order valence-corrected chi connectivity index (χ4v) is 2.28. The minimum atomic E-state index is -1.04. The zero-order chi connectivity index (χ0) is 15.5. The van der Waals surface area contributed by atoms with Gasteiger partial charge in [-0.2, -0.15) is 10.4 Å². The minimum Gasteiger partial charge on any atom is -0.385 e. The van der Waals surface area contributed by atoms with E-state index in [-0.39, 0.29) is 0 Å². The van der Waals surface area contributed by atoms with Crippen molar-refractivity contribution in [3.05, 3.63) is 53.3 Å². The summed E-state index contributed by atoms with van der Waals surface area (Å²) in [7, 11) is 0. The lowest BCUT2D eigenvalue weighted by molar-refractivity contribution is 0.0563. The number of aromatic nitrogens is 2. The highest BCUT2D eigenvalue weighted by atomic mass is 16.3. The Kier molecular flexibility index (Phi) is 4.44. The van der Waals surface area contributed by atoms with Crippen molar-refractivity contribution in [2.75, 3.05) is 0 Å². The van der Waals surface area contributed by atoms with Crippen molar-refractivity contribution in [3.8, 4) is 6.07 Å². The molecule has 0 saturated heterocycles. The molecule has 2 rings (SSSR count). The van der Waals surface area contributed by atoms with E-state index >= 15 is 0 Å². The van der Waals surface area contributed by atoms with E-state index in [0.29, 0.717) is 18.0 Å². The lowest BCUT2D eigenvalue weighted by Gasteiger charge is -2.23. The molecule has 0 aliphatic rings. The van der Waals surface area contributed by atoms with E-state index in [0.717, 1.165) is 17.7 Å². The molecule has 0 spiro atoms. The summed E-state index contributed by atoms with van der Waals surface area (Å²) >= 11 is 0. The predicted octanol–water partition coefficient (Wildman–Crippen LogP) is 3.18. The standard InChI is InChI=1S/C17H21N3O/c1-4-13(2)20-9-8-16(19-20)11-17(3,21)15-7-5-6-14(10-15)12-18/h5-10,13,21H,4,11H2,1-3H3. The molecule has 1 heterocycles. The van der Waals surface area contributed by atoms with Crippen LogP contribution in [-0.2, 0) is 12.0 Å². The van der Waals surface area contributed by atoms with Crippen LogP contribution in [0.15, 0.2) is 36.5 Å². The molecular weight excluding hydrogens is 262 g/mol. The third-order valence-electron chi connectivity index (χ3n) is 3.84. The van der Waals surface area contributed by atoms with Gasteiger partial charge in [0.25, 0.3) is 0 Å². The van der Waals surface area contributed by atoms with Crippen molar-refractivity contribution in [2.45, 2.75) is 45.3 Å². The first-order valence-electron chi connectivity index (χ1n) is 7.23. The van der Waals surface area contributed by atoms with Gasteiger partial charge in [0.15, 0.2) is 0 Å². The number of hydrogen-bond acceptors (Lipinski definition) is 3. The molecule has 4 heteroatoms. The van der Waals surface area contributed by atoms with Gasteiger partial charge in [-0.1, -0.05) is 19.1 Å². The Morgan fingerprint density at radius 1 is 1.43 bits per heavy atom. The molecule has 21 heavy (non-hydrogen) atoms. The smallest absolute Gasteiger partial charge is 0.0991 e. The van der Waals surface area contributed by atoms with Gasteiger partial charge in [-0.25, -0.2) is 0 Å². The highest BCUT2D eigenvalue weighted by molar-refractivity contribution is 5.35. The van der Waals surface area contributed by atoms with Crippen LogP contribution in [0.1, 0.15) is 50.1 Å². The van der Waals surface area contributed by atoms with Crippen LogP contribution >= 0.6 is 0 Å². The van der Waals surface area contributed by atoms with Crippen LogP contribution < -0.4 is 0 Å². The largest absolute Gasteiger partial charge is 0.385 e. The fraction of sp³-hybridized carbons (Fsp3) is 0.412. The topological polar surface area (TPSA) is 61.8 Å². The van der Waals surface area contributed by atoms with Crippen LogP contribution in [-0.4, -0.2) is 14.9 Å². The lowest BCUT2D eigenvalue weighted by Crippen LogP contribution is -2.24. The van der Waals surface area contributed by atoms with Crippen LogP contribution in [0.3, 0.4) is 0 Å². The molecule has 4 nitrogen and oxygen atoms in total. The molecule has 0 saturated carbocycles. The van der Waals surface area contributed by atoms with Gasteiger partial charge in [0, 0.05) is 18.7 Å². The van der Waals surface area contributed by atoms with Gasteiger partial charge in [0.1, 0.15) is 0 Å².